The Morgan fingerprint density at radius 2 is 1.81 bits per heavy atom. The van der Waals surface area contributed by atoms with Crippen LogP contribution in [0.25, 0.3) is 0 Å². The van der Waals surface area contributed by atoms with E-state index in [4.69, 9.17) is 5.73 Å². The molecule has 0 aliphatic rings. The molecule has 8 nitrogen and oxygen atoms in total. The number of nitrogens with two attached hydrogens (primary N) is 1. The maximum atomic E-state index is 13.2. The summed E-state index contributed by atoms with van der Waals surface area (Å²) in [4.78, 5) is 18.7. The van der Waals surface area contributed by atoms with Gasteiger partial charge in [-0.15, -0.1) is 0 Å². The number of hydrogen-bond donors (Lipinski definition) is 3. The van der Waals surface area contributed by atoms with E-state index >= 15 is 0 Å². The molecule has 1 amide bonds. The number of nitrogens with zero attached hydrogens (tertiary/aromatic N) is 4. The van der Waals surface area contributed by atoms with E-state index in [1.807, 2.05) is 0 Å². The van der Waals surface area contributed by atoms with Crippen molar-refractivity contribution in [1.82, 2.24) is 19.7 Å². The SMILES string of the molecule is Cn1cc(Nc2nc(Nc3ccc(C(N)=O)cc3)ncc2C(F)(F)F)cn1. The van der Waals surface area contributed by atoms with Crippen molar-refractivity contribution in [3.63, 3.8) is 0 Å². The number of nitrogens with one attached hydrogen (secondary N) is 2. The quantitative estimate of drug-likeness (QED) is 0.631. The number of rotatable bonds is 5. The summed E-state index contributed by atoms with van der Waals surface area (Å²) in [5.41, 5.74) is 5.27. The van der Waals surface area contributed by atoms with Gasteiger partial charge in [0.2, 0.25) is 11.9 Å². The van der Waals surface area contributed by atoms with Gasteiger partial charge in [0.25, 0.3) is 0 Å². The second-order valence-electron chi connectivity index (χ2n) is 5.55. The number of carbonyl (C=O) groups is 1. The average Bonchev–Trinajstić information content (AvgIpc) is 2.99. The molecule has 0 fully saturated rings. The summed E-state index contributed by atoms with van der Waals surface area (Å²) in [7, 11) is 1.64. The number of aryl methyl sites for hydroxylation is 1. The molecule has 2 heterocycles. The van der Waals surface area contributed by atoms with Gasteiger partial charge in [-0.05, 0) is 24.3 Å². The Balaban J connectivity index is 1.90. The monoisotopic (exact) mass is 377 g/mol. The van der Waals surface area contributed by atoms with Gasteiger partial charge in [0.15, 0.2) is 0 Å². The molecular formula is C16H14F3N7O. The van der Waals surface area contributed by atoms with Crippen LogP contribution < -0.4 is 16.4 Å². The highest BCUT2D eigenvalue weighted by atomic mass is 19.4. The molecule has 0 saturated heterocycles. The average molecular weight is 377 g/mol. The van der Waals surface area contributed by atoms with Crippen LogP contribution in [0, 0.1) is 0 Å². The van der Waals surface area contributed by atoms with Crippen LogP contribution in [0.4, 0.5) is 36.3 Å². The number of anilines is 4. The molecule has 11 heteroatoms. The molecule has 2 aromatic heterocycles. The van der Waals surface area contributed by atoms with E-state index in [1.165, 1.54) is 41.3 Å². The normalized spacial score (nSPS) is 11.3. The predicted octanol–water partition coefficient (Wildman–Crippen LogP) is 2.82. The molecule has 0 bridgehead atoms. The highest BCUT2D eigenvalue weighted by Gasteiger charge is 2.35. The molecule has 0 unspecified atom stereocenters. The number of carbonyl (C=O) groups excluding carboxylic acids is 1. The fraction of sp³-hybridized carbons (Fsp3) is 0.125. The molecule has 0 saturated carbocycles. The van der Waals surface area contributed by atoms with Gasteiger partial charge >= 0.3 is 6.18 Å². The summed E-state index contributed by atoms with van der Waals surface area (Å²) in [6, 6.07) is 6.03. The number of alkyl halides is 3. The highest BCUT2D eigenvalue weighted by molar-refractivity contribution is 5.93. The second kappa shape index (κ2) is 6.94. The number of aromatic nitrogens is 4. The van der Waals surface area contributed by atoms with Crippen molar-refractivity contribution in [3.8, 4) is 0 Å². The van der Waals surface area contributed by atoms with Crippen LogP contribution in [0.1, 0.15) is 15.9 Å². The standard InChI is InChI=1S/C16H14F3N7O/c1-26-8-11(6-22-26)23-14-12(16(17,18)19)7-21-15(25-14)24-10-4-2-9(3-5-10)13(20)27/h2-8H,1H3,(H2,20,27)(H2,21,23,24,25). The molecule has 27 heavy (non-hydrogen) atoms. The van der Waals surface area contributed by atoms with Gasteiger partial charge in [0, 0.05) is 30.7 Å². The zero-order chi connectivity index (χ0) is 19.6. The maximum absolute atomic E-state index is 13.2. The van der Waals surface area contributed by atoms with Crippen LogP contribution in [0.2, 0.25) is 0 Å². The minimum atomic E-state index is -4.63. The molecule has 0 aliphatic carbocycles. The molecule has 0 spiro atoms. The topological polar surface area (TPSA) is 111 Å². The van der Waals surface area contributed by atoms with Gasteiger partial charge < -0.3 is 16.4 Å². The summed E-state index contributed by atoms with van der Waals surface area (Å²) >= 11 is 0. The van der Waals surface area contributed by atoms with Crippen LogP contribution in [0.3, 0.4) is 0 Å². The highest BCUT2D eigenvalue weighted by Crippen LogP contribution is 2.35. The molecule has 0 aliphatic heterocycles. The van der Waals surface area contributed by atoms with Gasteiger partial charge in [-0.1, -0.05) is 0 Å². The van der Waals surface area contributed by atoms with Gasteiger partial charge in [-0.25, -0.2) is 4.98 Å². The Morgan fingerprint density at radius 1 is 1.11 bits per heavy atom. The molecule has 3 aromatic rings. The maximum Gasteiger partial charge on any atom is 0.421 e. The number of amides is 1. The molecular weight excluding hydrogens is 363 g/mol. The lowest BCUT2D eigenvalue weighted by atomic mass is 10.2. The summed E-state index contributed by atoms with van der Waals surface area (Å²) in [6.07, 6.45) is -1.06. The first-order valence-electron chi connectivity index (χ1n) is 7.59. The van der Waals surface area contributed by atoms with Crippen molar-refractivity contribution < 1.29 is 18.0 Å². The van der Waals surface area contributed by atoms with Crippen LogP contribution in [-0.2, 0) is 13.2 Å². The zero-order valence-electron chi connectivity index (χ0n) is 13.9. The van der Waals surface area contributed by atoms with Crippen molar-refractivity contribution in [2.24, 2.45) is 12.8 Å². The fourth-order valence-corrected chi connectivity index (χ4v) is 2.21. The minimum absolute atomic E-state index is 0.0544. The third-order valence-electron chi connectivity index (χ3n) is 3.49. The smallest absolute Gasteiger partial charge is 0.366 e. The third kappa shape index (κ3) is 4.32. The summed E-state index contributed by atoms with van der Waals surface area (Å²) in [5, 5.41) is 9.27. The molecule has 3 rings (SSSR count). The minimum Gasteiger partial charge on any atom is -0.366 e. The first kappa shape index (κ1) is 18.2. The lowest BCUT2D eigenvalue weighted by Gasteiger charge is -2.14. The van der Waals surface area contributed by atoms with E-state index in [9.17, 15) is 18.0 Å². The zero-order valence-corrected chi connectivity index (χ0v) is 13.9. The number of halogens is 3. The van der Waals surface area contributed by atoms with E-state index < -0.39 is 23.5 Å². The van der Waals surface area contributed by atoms with Crippen LogP contribution in [0.15, 0.2) is 42.9 Å². The van der Waals surface area contributed by atoms with Crippen molar-refractivity contribution >= 4 is 29.0 Å². The molecule has 140 valence electrons. The van der Waals surface area contributed by atoms with Crippen molar-refractivity contribution in [2.45, 2.75) is 6.18 Å². The first-order valence-corrected chi connectivity index (χ1v) is 7.59. The van der Waals surface area contributed by atoms with E-state index in [2.05, 4.69) is 25.7 Å². The van der Waals surface area contributed by atoms with Gasteiger partial charge in [-0.2, -0.15) is 23.3 Å². The second-order valence-corrected chi connectivity index (χ2v) is 5.55. The van der Waals surface area contributed by atoms with Gasteiger partial charge in [0.05, 0.1) is 11.9 Å². The van der Waals surface area contributed by atoms with Crippen LogP contribution in [0.5, 0.6) is 0 Å². The van der Waals surface area contributed by atoms with E-state index in [1.54, 1.807) is 7.05 Å². The Labute approximate surface area is 151 Å². The Morgan fingerprint density at radius 3 is 2.37 bits per heavy atom. The predicted molar refractivity (Wildman–Crippen MR) is 91.8 cm³/mol. The Bertz CT molecular complexity index is 967. The third-order valence-corrected chi connectivity index (χ3v) is 3.49. The summed E-state index contributed by atoms with van der Waals surface area (Å²) in [5.74, 6) is -1.06. The Hall–Kier alpha value is -3.63. The number of benzene rings is 1. The van der Waals surface area contributed by atoms with Crippen LogP contribution >= 0.6 is 0 Å². The summed E-state index contributed by atoms with van der Waals surface area (Å²) < 4.78 is 41.1. The van der Waals surface area contributed by atoms with Crippen LogP contribution in [-0.4, -0.2) is 25.7 Å². The molecule has 0 atom stereocenters. The van der Waals surface area contributed by atoms with Gasteiger partial charge in [-0.3, -0.25) is 9.48 Å². The van der Waals surface area contributed by atoms with Gasteiger partial charge in [0.1, 0.15) is 11.4 Å². The van der Waals surface area contributed by atoms with E-state index in [0.717, 1.165) is 0 Å². The Kier molecular flexibility index (Phi) is 4.67. The molecule has 4 N–H and O–H groups in total. The van der Waals surface area contributed by atoms with E-state index in [-0.39, 0.29) is 5.95 Å². The first-order chi connectivity index (χ1) is 12.7. The largest absolute Gasteiger partial charge is 0.421 e. The van der Waals surface area contributed by atoms with Crippen molar-refractivity contribution in [2.75, 3.05) is 10.6 Å². The molecule has 0 radical (unpaired) electrons. The molecule has 1 aromatic carbocycles. The lowest BCUT2D eigenvalue weighted by molar-refractivity contribution is -0.137. The van der Waals surface area contributed by atoms with Crippen molar-refractivity contribution in [3.05, 3.63) is 54.0 Å². The number of hydrogen-bond acceptors (Lipinski definition) is 6. The van der Waals surface area contributed by atoms with E-state index in [0.29, 0.717) is 23.1 Å². The number of primary amides is 1. The summed E-state index contributed by atoms with van der Waals surface area (Å²) in [6.45, 7) is 0. The lowest BCUT2D eigenvalue weighted by Crippen LogP contribution is -2.12. The van der Waals surface area contributed by atoms with Crippen molar-refractivity contribution in [1.29, 1.82) is 0 Å². The fourth-order valence-electron chi connectivity index (χ4n) is 2.21.